The molecule has 16 heavy (non-hydrogen) atoms. The standard InChI is InChI=1S/C11H21N3OS/c1-14-4-2-9(3-5-14)6-12-11(15)10-7-16-8-13-10/h9-10,13H,2-8H2,1H3,(H,12,15). The minimum atomic E-state index is 0.0382. The molecule has 0 radical (unpaired) electrons. The van der Waals surface area contributed by atoms with E-state index in [1.165, 1.54) is 12.8 Å². The molecular weight excluding hydrogens is 222 g/mol. The van der Waals surface area contributed by atoms with Gasteiger partial charge in [-0.1, -0.05) is 0 Å². The van der Waals surface area contributed by atoms with Crippen LogP contribution in [0.3, 0.4) is 0 Å². The molecule has 2 saturated heterocycles. The number of carbonyl (C=O) groups is 1. The van der Waals surface area contributed by atoms with Crippen molar-refractivity contribution in [3.8, 4) is 0 Å². The molecule has 2 fully saturated rings. The first-order valence-electron chi connectivity index (χ1n) is 6.03. The molecule has 1 amide bonds. The van der Waals surface area contributed by atoms with Gasteiger partial charge in [-0.2, -0.15) is 0 Å². The summed E-state index contributed by atoms with van der Waals surface area (Å²) in [5, 5.41) is 6.27. The Bertz CT molecular complexity index is 235. The number of hydrogen-bond donors (Lipinski definition) is 2. The van der Waals surface area contributed by atoms with E-state index in [9.17, 15) is 4.79 Å². The molecule has 2 aliphatic rings. The molecule has 2 aliphatic heterocycles. The molecular formula is C11H21N3OS. The summed E-state index contributed by atoms with van der Waals surface area (Å²) in [6.45, 7) is 3.19. The van der Waals surface area contributed by atoms with Crippen molar-refractivity contribution in [2.24, 2.45) is 5.92 Å². The highest BCUT2D eigenvalue weighted by Crippen LogP contribution is 2.15. The quantitative estimate of drug-likeness (QED) is 0.738. The average Bonchev–Trinajstić information content (AvgIpc) is 2.81. The highest BCUT2D eigenvalue weighted by molar-refractivity contribution is 7.99. The van der Waals surface area contributed by atoms with Crippen molar-refractivity contribution in [3.63, 3.8) is 0 Å². The largest absolute Gasteiger partial charge is 0.354 e. The minimum absolute atomic E-state index is 0.0382. The predicted molar refractivity (Wildman–Crippen MR) is 67.5 cm³/mol. The molecule has 0 aliphatic carbocycles. The van der Waals surface area contributed by atoms with Gasteiger partial charge in [0.15, 0.2) is 0 Å². The molecule has 1 unspecified atom stereocenters. The number of nitrogens with zero attached hydrogens (tertiary/aromatic N) is 1. The molecule has 0 aromatic heterocycles. The number of nitrogens with one attached hydrogen (secondary N) is 2. The van der Waals surface area contributed by atoms with Crippen LogP contribution in [0.2, 0.25) is 0 Å². The van der Waals surface area contributed by atoms with Gasteiger partial charge in [0.05, 0.1) is 6.04 Å². The lowest BCUT2D eigenvalue weighted by Gasteiger charge is -2.29. The van der Waals surface area contributed by atoms with Crippen LogP contribution >= 0.6 is 11.8 Å². The number of rotatable bonds is 3. The van der Waals surface area contributed by atoms with Gasteiger partial charge in [0, 0.05) is 18.2 Å². The van der Waals surface area contributed by atoms with Crippen molar-refractivity contribution in [2.75, 3.05) is 38.3 Å². The van der Waals surface area contributed by atoms with E-state index < -0.39 is 0 Å². The van der Waals surface area contributed by atoms with E-state index in [0.29, 0.717) is 5.92 Å². The average molecular weight is 243 g/mol. The molecule has 1 atom stereocenters. The van der Waals surface area contributed by atoms with Crippen LogP contribution in [-0.2, 0) is 4.79 Å². The second-order valence-electron chi connectivity index (χ2n) is 4.76. The first kappa shape index (κ1) is 12.2. The summed E-state index contributed by atoms with van der Waals surface area (Å²) in [6, 6.07) is 0.0382. The fourth-order valence-electron chi connectivity index (χ4n) is 2.20. The zero-order valence-electron chi connectivity index (χ0n) is 9.87. The zero-order chi connectivity index (χ0) is 11.4. The van der Waals surface area contributed by atoms with Crippen LogP contribution in [0.4, 0.5) is 0 Å². The van der Waals surface area contributed by atoms with E-state index >= 15 is 0 Å². The number of likely N-dealkylation sites (tertiary alicyclic amines) is 1. The van der Waals surface area contributed by atoms with Gasteiger partial charge in [-0.05, 0) is 38.9 Å². The van der Waals surface area contributed by atoms with Gasteiger partial charge in [0.2, 0.25) is 5.91 Å². The SMILES string of the molecule is CN1CCC(CNC(=O)C2CSCN2)CC1. The second kappa shape index (κ2) is 5.89. The van der Waals surface area contributed by atoms with Gasteiger partial charge in [0.1, 0.15) is 0 Å². The van der Waals surface area contributed by atoms with E-state index in [4.69, 9.17) is 0 Å². The summed E-state index contributed by atoms with van der Waals surface area (Å²) in [7, 11) is 2.16. The third-order valence-electron chi connectivity index (χ3n) is 3.44. The predicted octanol–water partition coefficient (Wildman–Crippen LogP) is 0.107. The topological polar surface area (TPSA) is 44.4 Å². The molecule has 0 spiro atoms. The molecule has 92 valence electrons. The maximum absolute atomic E-state index is 11.8. The summed E-state index contributed by atoms with van der Waals surface area (Å²) in [4.78, 5) is 14.1. The molecule has 0 aromatic carbocycles. The smallest absolute Gasteiger partial charge is 0.238 e. The van der Waals surface area contributed by atoms with Crippen molar-refractivity contribution in [2.45, 2.75) is 18.9 Å². The van der Waals surface area contributed by atoms with E-state index in [-0.39, 0.29) is 11.9 Å². The van der Waals surface area contributed by atoms with Crippen LogP contribution in [0.5, 0.6) is 0 Å². The second-order valence-corrected chi connectivity index (χ2v) is 5.79. The highest BCUT2D eigenvalue weighted by atomic mass is 32.2. The Kier molecular flexibility index (Phi) is 4.49. The summed E-state index contributed by atoms with van der Waals surface area (Å²) < 4.78 is 0. The van der Waals surface area contributed by atoms with Crippen LogP contribution in [0.1, 0.15) is 12.8 Å². The van der Waals surface area contributed by atoms with Gasteiger partial charge in [-0.15, -0.1) is 11.8 Å². The Morgan fingerprint density at radius 1 is 1.50 bits per heavy atom. The monoisotopic (exact) mass is 243 g/mol. The Morgan fingerprint density at radius 3 is 2.88 bits per heavy atom. The van der Waals surface area contributed by atoms with Crippen molar-refractivity contribution in [3.05, 3.63) is 0 Å². The summed E-state index contributed by atoms with van der Waals surface area (Å²) >= 11 is 1.79. The van der Waals surface area contributed by atoms with Crippen LogP contribution in [0, 0.1) is 5.92 Å². The van der Waals surface area contributed by atoms with Gasteiger partial charge in [0.25, 0.3) is 0 Å². The van der Waals surface area contributed by atoms with Gasteiger partial charge in [-0.25, -0.2) is 0 Å². The van der Waals surface area contributed by atoms with Crippen LogP contribution in [0.15, 0.2) is 0 Å². The van der Waals surface area contributed by atoms with Gasteiger partial charge in [-0.3, -0.25) is 10.1 Å². The Morgan fingerprint density at radius 2 is 2.25 bits per heavy atom. The Labute approximate surface area is 102 Å². The molecule has 0 aromatic rings. The molecule has 4 nitrogen and oxygen atoms in total. The summed E-state index contributed by atoms with van der Waals surface area (Å²) in [6.07, 6.45) is 2.42. The molecule has 0 saturated carbocycles. The zero-order valence-corrected chi connectivity index (χ0v) is 10.7. The van der Waals surface area contributed by atoms with Crippen LogP contribution < -0.4 is 10.6 Å². The number of hydrogen-bond acceptors (Lipinski definition) is 4. The first-order chi connectivity index (χ1) is 7.75. The Hall–Kier alpha value is -0.260. The number of piperidine rings is 1. The summed E-state index contributed by atoms with van der Waals surface area (Å²) in [5.74, 6) is 2.68. The lowest BCUT2D eigenvalue weighted by atomic mass is 9.97. The van der Waals surface area contributed by atoms with E-state index in [1.807, 2.05) is 0 Å². The van der Waals surface area contributed by atoms with E-state index in [0.717, 1.165) is 31.3 Å². The van der Waals surface area contributed by atoms with Gasteiger partial charge >= 0.3 is 0 Å². The number of thioether (sulfide) groups is 1. The third kappa shape index (κ3) is 3.37. The molecule has 5 heteroatoms. The fraction of sp³-hybridized carbons (Fsp3) is 0.909. The van der Waals surface area contributed by atoms with Crippen molar-refractivity contribution >= 4 is 17.7 Å². The van der Waals surface area contributed by atoms with Crippen molar-refractivity contribution in [1.82, 2.24) is 15.5 Å². The highest BCUT2D eigenvalue weighted by Gasteiger charge is 2.23. The number of carbonyl (C=O) groups excluding carboxylic acids is 1. The molecule has 2 N–H and O–H groups in total. The first-order valence-corrected chi connectivity index (χ1v) is 7.18. The van der Waals surface area contributed by atoms with E-state index in [1.54, 1.807) is 11.8 Å². The fourth-order valence-corrected chi connectivity index (χ4v) is 3.14. The lowest BCUT2D eigenvalue weighted by Crippen LogP contribution is -2.45. The maximum atomic E-state index is 11.8. The Balaban J connectivity index is 1.65. The normalized spacial score (nSPS) is 28.2. The molecule has 2 rings (SSSR count). The minimum Gasteiger partial charge on any atom is -0.354 e. The van der Waals surface area contributed by atoms with E-state index in [2.05, 4.69) is 22.6 Å². The third-order valence-corrected chi connectivity index (χ3v) is 4.38. The molecule has 0 bridgehead atoms. The summed E-state index contributed by atoms with van der Waals surface area (Å²) in [5.41, 5.74) is 0. The van der Waals surface area contributed by atoms with Crippen LogP contribution in [0.25, 0.3) is 0 Å². The lowest BCUT2D eigenvalue weighted by molar-refractivity contribution is -0.122. The molecule has 2 heterocycles. The van der Waals surface area contributed by atoms with Crippen molar-refractivity contribution < 1.29 is 4.79 Å². The van der Waals surface area contributed by atoms with Crippen molar-refractivity contribution in [1.29, 1.82) is 0 Å². The number of amides is 1. The maximum Gasteiger partial charge on any atom is 0.238 e. The van der Waals surface area contributed by atoms with Gasteiger partial charge < -0.3 is 10.2 Å². The van der Waals surface area contributed by atoms with Crippen LogP contribution in [-0.4, -0.2) is 55.2 Å².